The van der Waals surface area contributed by atoms with Crippen molar-refractivity contribution in [3.05, 3.63) is 42.0 Å². The highest BCUT2D eigenvalue weighted by Gasteiger charge is 2.19. The van der Waals surface area contributed by atoms with Gasteiger partial charge in [0, 0.05) is 37.1 Å². The normalized spacial score (nSPS) is 15.5. The first-order valence-electron chi connectivity index (χ1n) is 7.17. The van der Waals surface area contributed by atoms with Gasteiger partial charge in [-0.15, -0.1) is 11.3 Å². The number of nitrogens with one attached hydrogen (secondary N) is 1. The van der Waals surface area contributed by atoms with E-state index >= 15 is 0 Å². The van der Waals surface area contributed by atoms with Crippen molar-refractivity contribution < 1.29 is 0 Å². The summed E-state index contributed by atoms with van der Waals surface area (Å²) in [5, 5.41) is 6.78. The molecule has 21 heavy (non-hydrogen) atoms. The summed E-state index contributed by atoms with van der Waals surface area (Å²) in [5.41, 5.74) is 2.47. The second-order valence-electron chi connectivity index (χ2n) is 5.13. The molecule has 106 valence electrons. The van der Waals surface area contributed by atoms with E-state index in [0.29, 0.717) is 0 Å². The van der Waals surface area contributed by atoms with Gasteiger partial charge in [-0.2, -0.15) is 0 Å². The van der Waals surface area contributed by atoms with E-state index in [1.54, 1.807) is 17.7 Å². The Morgan fingerprint density at radius 3 is 2.67 bits per heavy atom. The molecule has 4 rings (SSSR count). The van der Waals surface area contributed by atoms with E-state index in [1.807, 2.05) is 6.07 Å². The SMILES string of the molecule is c1ccc(-c2csc3ncnc(N4CCNCC4)c23)cc1. The Kier molecular flexibility index (Phi) is 3.29. The summed E-state index contributed by atoms with van der Waals surface area (Å²) < 4.78 is 0. The molecule has 0 radical (unpaired) electrons. The van der Waals surface area contributed by atoms with Crippen molar-refractivity contribution in [3.63, 3.8) is 0 Å². The van der Waals surface area contributed by atoms with Gasteiger partial charge in [-0.05, 0) is 5.56 Å². The molecule has 0 bridgehead atoms. The summed E-state index contributed by atoms with van der Waals surface area (Å²) in [6, 6.07) is 10.5. The van der Waals surface area contributed by atoms with E-state index in [1.165, 1.54) is 16.5 Å². The monoisotopic (exact) mass is 296 g/mol. The van der Waals surface area contributed by atoms with Gasteiger partial charge in [0.05, 0.1) is 5.39 Å². The third-order valence-electron chi connectivity index (χ3n) is 3.85. The highest BCUT2D eigenvalue weighted by Crippen LogP contribution is 2.37. The van der Waals surface area contributed by atoms with Crippen LogP contribution in [0.3, 0.4) is 0 Å². The Hall–Kier alpha value is -1.98. The Balaban J connectivity index is 1.89. The van der Waals surface area contributed by atoms with E-state index < -0.39 is 0 Å². The number of thiophene rings is 1. The molecule has 4 nitrogen and oxygen atoms in total. The van der Waals surface area contributed by atoms with Crippen LogP contribution in [0.4, 0.5) is 5.82 Å². The first-order valence-corrected chi connectivity index (χ1v) is 8.05. The molecule has 0 saturated carbocycles. The summed E-state index contributed by atoms with van der Waals surface area (Å²) in [6.45, 7) is 4.01. The maximum Gasteiger partial charge on any atom is 0.141 e. The van der Waals surface area contributed by atoms with Crippen LogP contribution in [0, 0.1) is 0 Å². The third kappa shape index (κ3) is 2.28. The molecular weight excluding hydrogens is 280 g/mol. The van der Waals surface area contributed by atoms with Gasteiger partial charge in [0.25, 0.3) is 0 Å². The molecule has 1 aromatic carbocycles. The predicted octanol–water partition coefficient (Wildman–Crippen LogP) is 2.77. The molecule has 1 aliphatic rings. The van der Waals surface area contributed by atoms with Gasteiger partial charge in [0.2, 0.25) is 0 Å². The van der Waals surface area contributed by atoms with Crippen molar-refractivity contribution in [2.75, 3.05) is 31.1 Å². The maximum atomic E-state index is 4.58. The Bertz CT molecular complexity index is 747. The average Bonchev–Trinajstić information content (AvgIpc) is 3.00. The van der Waals surface area contributed by atoms with Crippen molar-refractivity contribution in [2.45, 2.75) is 0 Å². The number of nitrogens with zero attached hydrogens (tertiary/aromatic N) is 3. The van der Waals surface area contributed by atoms with Crippen LogP contribution in [0.15, 0.2) is 42.0 Å². The molecule has 1 saturated heterocycles. The van der Waals surface area contributed by atoms with Crippen LogP contribution >= 0.6 is 11.3 Å². The van der Waals surface area contributed by atoms with Crippen molar-refractivity contribution in [1.82, 2.24) is 15.3 Å². The molecule has 1 N–H and O–H groups in total. The third-order valence-corrected chi connectivity index (χ3v) is 4.74. The lowest BCUT2D eigenvalue weighted by Crippen LogP contribution is -2.44. The number of fused-ring (bicyclic) bond motifs is 1. The number of benzene rings is 1. The quantitative estimate of drug-likeness (QED) is 0.789. The highest BCUT2D eigenvalue weighted by molar-refractivity contribution is 7.17. The minimum absolute atomic E-state index is 0.996. The average molecular weight is 296 g/mol. The molecule has 3 aromatic rings. The van der Waals surface area contributed by atoms with Gasteiger partial charge >= 0.3 is 0 Å². The molecule has 3 heterocycles. The number of rotatable bonds is 2. The van der Waals surface area contributed by atoms with Crippen LogP contribution < -0.4 is 10.2 Å². The summed E-state index contributed by atoms with van der Waals surface area (Å²) in [4.78, 5) is 12.5. The molecule has 0 amide bonds. The zero-order valence-corrected chi connectivity index (χ0v) is 12.4. The molecule has 0 unspecified atom stereocenters. The minimum Gasteiger partial charge on any atom is -0.353 e. The standard InChI is InChI=1S/C16H16N4S/c1-2-4-12(5-3-1)13-10-21-16-14(13)15(18-11-19-16)20-8-6-17-7-9-20/h1-5,10-11,17H,6-9H2. The number of aromatic nitrogens is 2. The fourth-order valence-electron chi connectivity index (χ4n) is 2.81. The topological polar surface area (TPSA) is 41.1 Å². The van der Waals surface area contributed by atoms with E-state index in [-0.39, 0.29) is 0 Å². The zero-order valence-electron chi connectivity index (χ0n) is 11.6. The van der Waals surface area contributed by atoms with E-state index in [4.69, 9.17) is 0 Å². The molecule has 0 aliphatic carbocycles. The molecule has 5 heteroatoms. The zero-order chi connectivity index (χ0) is 14.1. The molecule has 0 atom stereocenters. The van der Waals surface area contributed by atoms with Crippen LogP contribution in [0.25, 0.3) is 21.3 Å². The van der Waals surface area contributed by atoms with E-state index in [0.717, 1.165) is 36.8 Å². The Morgan fingerprint density at radius 1 is 1.05 bits per heavy atom. The number of hydrogen-bond acceptors (Lipinski definition) is 5. The molecule has 2 aromatic heterocycles. The van der Waals surface area contributed by atoms with Gasteiger partial charge in [0.15, 0.2) is 0 Å². The lowest BCUT2D eigenvalue weighted by Gasteiger charge is -2.29. The van der Waals surface area contributed by atoms with Crippen LogP contribution in [0.1, 0.15) is 0 Å². The lowest BCUT2D eigenvalue weighted by molar-refractivity contribution is 0.586. The van der Waals surface area contributed by atoms with Crippen LogP contribution in [0.2, 0.25) is 0 Å². The van der Waals surface area contributed by atoms with E-state index in [2.05, 4.69) is 49.8 Å². The fourth-order valence-corrected chi connectivity index (χ4v) is 3.72. The number of anilines is 1. The molecular formula is C16H16N4S. The maximum absolute atomic E-state index is 4.58. The van der Waals surface area contributed by atoms with Crippen LogP contribution in [0.5, 0.6) is 0 Å². The van der Waals surface area contributed by atoms with Crippen molar-refractivity contribution in [1.29, 1.82) is 0 Å². The smallest absolute Gasteiger partial charge is 0.141 e. The second-order valence-corrected chi connectivity index (χ2v) is 5.99. The highest BCUT2D eigenvalue weighted by atomic mass is 32.1. The van der Waals surface area contributed by atoms with Crippen molar-refractivity contribution in [2.24, 2.45) is 0 Å². The lowest BCUT2D eigenvalue weighted by atomic mass is 10.1. The van der Waals surface area contributed by atoms with Gasteiger partial charge in [-0.3, -0.25) is 0 Å². The molecule has 0 spiro atoms. The van der Waals surface area contributed by atoms with Crippen LogP contribution in [-0.4, -0.2) is 36.1 Å². The van der Waals surface area contributed by atoms with Crippen molar-refractivity contribution >= 4 is 27.4 Å². The van der Waals surface area contributed by atoms with Gasteiger partial charge in [-0.1, -0.05) is 30.3 Å². The summed E-state index contributed by atoms with van der Waals surface area (Å²) in [6.07, 6.45) is 1.69. The fraction of sp³-hybridized carbons (Fsp3) is 0.250. The van der Waals surface area contributed by atoms with Gasteiger partial charge in [0.1, 0.15) is 17.0 Å². The number of hydrogen-bond donors (Lipinski definition) is 1. The summed E-state index contributed by atoms with van der Waals surface area (Å²) in [5.74, 6) is 1.07. The Morgan fingerprint density at radius 2 is 1.86 bits per heavy atom. The molecule has 1 aliphatic heterocycles. The second kappa shape index (κ2) is 5.42. The largest absolute Gasteiger partial charge is 0.353 e. The summed E-state index contributed by atoms with van der Waals surface area (Å²) >= 11 is 1.69. The van der Waals surface area contributed by atoms with Gasteiger partial charge in [-0.25, -0.2) is 9.97 Å². The summed E-state index contributed by atoms with van der Waals surface area (Å²) in [7, 11) is 0. The first-order chi connectivity index (χ1) is 10.4. The number of piperazine rings is 1. The Labute approximate surface area is 127 Å². The molecule has 1 fully saturated rings. The van der Waals surface area contributed by atoms with Crippen molar-refractivity contribution in [3.8, 4) is 11.1 Å². The van der Waals surface area contributed by atoms with Crippen LogP contribution in [-0.2, 0) is 0 Å². The predicted molar refractivity (Wildman–Crippen MR) is 87.9 cm³/mol. The van der Waals surface area contributed by atoms with Gasteiger partial charge < -0.3 is 10.2 Å². The van der Waals surface area contributed by atoms with E-state index in [9.17, 15) is 0 Å². The minimum atomic E-state index is 0.996. The first kappa shape index (κ1) is 12.7.